The van der Waals surface area contributed by atoms with Crippen LogP contribution in [0.25, 0.3) is 22.0 Å². The third-order valence-electron chi connectivity index (χ3n) is 8.61. The van der Waals surface area contributed by atoms with Gasteiger partial charge in [0.15, 0.2) is 21.4 Å². The Labute approximate surface area is 320 Å². The Hall–Kier alpha value is -5.73. The number of benzene rings is 5. The van der Waals surface area contributed by atoms with Crippen molar-refractivity contribution in [1.82, 2.24) is 4.57 Å². The lowest BCUT2D eigenvalue weighted by molar-refractivity contribution is 0.102. The number of aliphatic hydroxyl groups excluding tert-OH is 1. The van der Waals surface area contributed by atoms with Crippen LogP contribution >= 0.6 is 0 Å². The molecule has 11 nitrogen and oxygen atoms in total. The molecule has 1 aromatic heterocycles. The summed E-state index contributed by atoms with van der Waals surface area (Å²) >= 11 is 0. The van der Waals surface area contributed by atoms with Crippen LogP contribution in [0, 0.1) is 0 Å². The number of carbonyl (C=O) groups is 2. The number of pyridine rings is 1. The Balaban J connectivity index is 0.000000286. The minimum Gasteiger partial charge on any atom is -0.392 e. The fourth-order valence-electron chi connectivity index (χ4n) is 6.23. The zero-order valence-corrected chi connectivity index (χ0v) is 31.5. The maximum Gasteiger partial charge on any atom is 0.294 e. The Kier molecular flexibility index (Phi) is 13.1. The second-order valence-electron chi connectivity index (χ2n) is 12.2. The van der Waals surface area contributed by atoms with E-state index in [1.165, 1.54) is 10.6 Å². The van der Waals surface area contributed by atoms with E-state index in [-0.39, 0.29) is 35.7 Å². The van der Waals surface area contributed by atoms with Crippen molar-refractivity contribution < 1.29 is 36.1 Å². The molecule has 0 unspecified atom stereocenters. The van der Waals surface area contributed by atoms with Crippen LogP contribution in [0.3, 0.4) is 0 Å². The van der Waals surface area contributed by atoms with Gasteiger partial charge in [-0.05, 0) is 53.1 Å². The van der Waals surface area contributed by atoms with Gasteiger partial charge in [-0.1, -0.05) is 100 Å². The van der Waals surface area contributed by atoms with Gasteiger partial charge in [0.1, 0.15) is 0 Å². The minimum atomic E-state index is -4.38. The van der Waals surface area contributed by atoms with Gasteiger partial charge < -0.3 is 15.0 Å². The smallest absolute Gasteiger partial charge is 0.294 e. The van der Waals surface area contributed by atoms with E-state index >= 15 is 0 Å². The number of hydrogen-bond acceptors (Lipinski definition) is 9. The molecule has 0 bridgehead atoms. The van der Waals surface area contributed by atoms with E-state index in [2.05, 4.69) is 5.32 Å². The number of rotatable bonds is 8. The van der Waals surface area contributed by atoms with E-state index in [0.29, 0.717) is 50.0 Å². The number of fused-ring (bicyclic) bond motifs is 2. The van der Waals surface area contributed by atoms with E-state index in [4.69, 9.17) is 9.66 Å². The first-order valence-corrected chi connectivity index (χ1v) is 20.3. The SMILES string of the molecule is C.CC.CS(=O)(=O)Cc1cc(S(=O)(=O)O)ccc1CO.Cn1c(=O)c(C(=O)c2ccccc2)c2c3c(c(Nc4ccccc4)ccc31)C(=O)c1ccccc1-2. The number of para-hydroxylation sites is 1. The number of sulfone groups is 1. The summed E-state index contributed by atoms with van der Waals surface area (Å²) in [5.41, 5.74) is 4.68. The molecule has 1 aliphatic rings. The average molecular weight is 783 g/mol. The van der Waals surface area contributed by atoms with E-state index < -0.39 is 37.2 Å². The lowest BCUT2D eigenvalue weighted by Gasteiger charge is -2.25. The number of aryl methyl sites for hydroxylation is 1. The molecule has 0 saturated carbocycles. The van der Waals surface area contributed by atoms with Gasteiger partial charge in [-0.15, -0.1) is 0 Å². The van der Waals surface area contributed by atoms with Crippen molar-refractivity contribution in [3.8, 4) is 11.1 Å². The molecule has 0 radical (unpaired) electrons. The Bertz CT molecular complexity index is 2670. The van der Waals surface area contributed by atoms with Crippen molar-refractivity contribution in [3.05, 3.63) is 159 Å². The molecule has 0 saturated heterocycles. The van der Waals surface area contributed by atoms with Crippen LogP contribution in [0.1, 0.15) is 64.2 Å². The maximum absolute atomic E-state index is 13.8. The largest absolute Gasteiger partial charge is 0.392 e. The molecule has 0 amide bonds. The van der Waals surface area contributed by atoms with Crippen LogP contribution in [0.2, 0.25) is 0 Å². The standard InChI is InChI=1S/C30H20N2O3.C9H12O6S2.C2H6.CH4/c1-32-23-17-16-22(31-19-12-6-3-7-13-19)25-26(23)24(20-14-8-9-15-21(20)29(25)34)27(30(32)35)28(33)18-10-4-2-5-11-18;1-16(11,12)6-8-4-9(17(13,14)15)3-2-7(8)5-10;1-2;/h2-17,31H,1H3;2-4,10H,5-6H2,1H3,(H,13,14,15);1-2H3;1H4. The van der Waals surface area contributed by atoms with Gasteiger partial charge >= 0.3 is 0 Å². The minimum absolute atomic E-state index is 0. The van der Waals surface area contributed by atoms with E-state index in [1.807, 2.05) is 74.5 Å². The highest BCUT2D eigenvalue weighted by molar-refractivity contribution is 7.89. The average Bonchev–Trinajstić information content (AvgIpc) is 3.16. The van der Waals surface area contributed by atoms with Crippen molar-refractivity contribution in [3.63, 3.8) is 0 Å². The summed E-state index contributed by atoms with van der Waals surface area (Å²) in [6.07, 6.45) is 0.994. The quantitative estimate of drug-likeness (QED) is 0.104. The molecule has 0 fully saturated rings. The first kappa shape index (κ1) is 42.0. The summed E-state index contributed by atoms with van der Waals surface area (Å²) < 4.78 is 54.4. The summed E-state index contributed by atoms with van der Waals surface area (Å²) in [7, 11) is -6.10. The summed E-state index contributed by atoms with van der Waals surface area (Å²) in [5, 5.41) is 13.0. The molecule has 7 rings (SSSR count). The lowest BCUT2D eigenvalue weighted by Crippen LogP contribution is -2.29. The molecule has 5 aromatic carbocycles. The van der Waals surface area contributed by atoms with Crippen molar-refractivity contribution in [2.45, 2.75) is 38.5 Å². The number of aromatic nitrogens is 1. The van der Waals surface area contributed by atoms with Gasteiger partial charge in [0.2, 0.25) is 0 Å². The van der Waals surface area contributed by atoms with E-state index in [1.54, 1.807) is 43.4 Å². The second-order valence-corrected chi connectivity index (χ2v) is 15.8. The van der Waals surface area contributed by atoms with Crippen LogP contribution in [0.4, 0.5) is 11.4 Å². The van der Waals surface area contributed by atoms with Crippen LogP contribution in [-0.2, 0) is 39.4 Å². The lowest BCUT2D eigenvalue weighted by atomic mass is 9.80. The molecule has 3 N–H and O–H groups in total. The molecule has 0 spiro atoms. The first-order chi connectivity index (χ1) is 25.7. The Morgan fingerprint density at radius 1 is 0.745 bits per heavy atom. The molecule has 0 aliphatic heterocycles. The van der Waals surface area contributed by atoms with Crippen molar-refractivity contribution in [2.75, 3.05) is 11.6 Å². The third-order valence-corrected chi connectivity index (χ3v) is 10.3. The number of aliphatic hydroxyl groups is 1. The van der Waals surface area contributed by atoms with Crippen molar-refractivity contribution in [1.29, 1.82) is 0 Å². The van der Waals surface area contributed by atoms with Crippen molar-refractivity contribution >= 4 is 53.8 Å². The van der Waals surface area contributed by atoms with Crippen molar-refractivity contribution in [2.24, 2.45) is 7.05 Å². The van der Waals surface area contributed by atoms with Gasteiger partial charge in [0.25, 0.3) is 15.7 Å². The monoisotopic (exact) mass is 782 g/mol. The maximum atomic E-state index is 13.8. The molecular weight excluding hydrogens is 741 g/mol. The molecule has 6 aromatic rings. The van der Waals surface area contributed by atoms with Crippen LogP contribution < -0.4 is 10.9 Å². The number of nitrogens with zero attached hydrogens (tertiary/aromatic N) is 1. The highest BCUT2D eigenvalue weighted by atomic mass is 32.2. The topological polar surface area (TPSA) is 177 Å². The molecule has 0 atom stereocenters. The van der Waals surface area contributed by atoms with Crippen LogP contribution in [0.5, 0.6) is 0 Å². The zero-order valence-electron chi connectivity index (χ0n) is 29.9. The van der Waals surface area contributed by atoms with E-state index in [9.17, 15) is 31.2 Å². The van der Waals surface area contributed by atoms with Gasteiger partial charge in [-0.2, -0.15) is 8.42 Å². The highest BCUT2D eigenvalue weighted by Gasteiger charge is 2.34. The third kappa shape index (κ3) is 8.82. The number of nitrogens with one attached hydrogen (secondary N) is 1. The Morgan fingerprint density at radius 3 is 1.91 bits per heavy atom. The molecule has 286 valence electrons. The number of carbonyl (C=O) groups excluding carboxylic acids is 2. The van der Waals surface area contributed by atoms with Gasteiger partial charge in [0, 0.05) is 41.1 Å². The predicted molar refractivity (Wildman–Crippen MR) is 216 cm³/mol. The summed E-state index contributed by atoms with van der Waals surface area (Å²) in [5.74, 6) is -0.903. The molecule has 1 heterocycles. The first-order valence-electron chi connectivity index (χ1n) is 16.8. The second kappa shape index (κ2) is 17.2. The predicted octanol–water partition coefficient (Wildman–Crippen LogP) is 7.36. The molecular formula is C42H42N2O9S2. The Morgan fingerprint density at radius 2 is 1.33 bits per heavy atom. The number of ketones is 2. The van der Waals surface area contributed by atoms with Crippen LogP contribution in [0.15, 0.2) is 125 Å². The molecule has 55 heavy (non-hydrogen) atoms. The summed E-state index contributed by atoms with van der Waals surface area (Å²) in [4.78, 5) is 40.8. The van der Waals surface area contributed by atoms with Gasteiger partial charge in [0.05, 0.1) is 39.6 Å². The zero-order chi connectivity index (χ0) is 39.4. The summed E-state index contributed by atoms with van der Waals surface area (Å²) in [6.45, 7) is 3.59. The number of anilines is 2. The molecule has 1 aliphatic carbocycles. The van der Waals surface area contributed by atoms with Crippen LogP contribution in [-0.4, -0.2) is 48.9 Å². The van der Waals surface area contributed by atoms with E-state index in [0.717, 1.165) is 24.1 Å². The normalized spacial score (nSPS) is 11.6. The fourth-order valence-corrected chi connectivity index (χ4v) is 7.60. The number of hydrogen-bond donors (Lipinski definition) is 3. The molecule has 13 heteroatoms. The summed E-state index contributed by atoms with van der Waals surface area (Å²) in [6, 6.07) is 32.6. The van der Waals surface area contributed by atoms with Gasteiger partial charge in [-0.25, -0.2) is 8.42 Å². The highest BCUT2D eigenvalue weighted by Crippen LogP contribution is 2.44. The van der Waals surface area contributed by atoms with Gasteiger partial charge in [-0.3, -0.25) is 18.9 Å². The fraction of sp³-hybridized carbons (Fsp3) is 0.167.